The summed E-state index contributed by atoms with van der Waals surface area (Å²) in [6.45, 7) is 4.83. The molecule has 0 spiro atoms. The van der Waals surface area contributed by atoms with Crippen LogP contribution in [0, 0.1) is 0 Å². The molecule has 9 heteroatoms. The molecular weight excluding hydrogens is 440 g/mol. The number of aliphatic hydroxyl groups is 1. The molecule has 1 aromatic heterocycles. The Morgan fingerprint density at radius 1 is 1.09 bits per heavy atom. The standard InChI is InChI=1S/C26H32N8O/c1-3-7-24-27-26-23(17-33(14-6-15-35)18-32(26)2)34(24)16-19-10-12-20(13-11-19)21-8-4-5-9-22(21)25-28-30-31-29-25/h4-5,8-13,17,24,35H,3,6-7,14-16,18H2,1-2H3,(H,28,29,30,31). The number of aromatic nitrogens is 4. The van der Waals surface area contributed by atoms with Gasteiger partial charge in [-0.3, -0.25) is 0 Å². The number of aromatic amines is 1. The number of hydrogen-bond acceptors (Lipinski definition) is 8. The highest BCUT2D eigenvalue weighted by Crippen LogP contribution is 2.32. The number of tetrazole rings is 1. The van der Waals surface area contributed by atoms with Crippen LogP contribution < -0.4 is 0 Å². The fourth-order valence-corrected chi connectivity index (χ4v) is 4.82. The van der Waals surface area contributed by atoms with Gasteiger partial charge in [-0.05, 0) is 34.7 Å². The Balaban J connectivity index is 1.39. The average molecular weight is 473 g/mol. The number of nitrogens with zero attached hydrogens (tertiary/aromatic N) is 7. The van der Waals surface area contributed by atoms with Gasteiger partial charge < -0.3 is 19.8 Å². The lowest BCUT2D eigenvalue weighted by atomic mass is 9.98. The third kappa shape index (κ3) is 4.77. The maximum Gasteiger partial charge on any atom is 0.205 e. The maximum absolute atomic E-state index is 9.28. The lowest BCUT2D eigenvalue weighted by molar-refractivity contribution is 0.210. The van der Waals surface area contributed by atoms with E-state index in [1.165, 1.54) is 11.3 Å². The van der Waals surface area contributed by atoms with Gasteiger partial charge in [0.05, 0.1) is 12.4 Å². The Labute approximate surface area is 205 Å². The molecule has 3 heterocycles. The van der Waals surface area contributed by atoms with Crippen molar-refractivity contribution in [1.29, 1.82) is 0 Å². The molecule has 2 aliphatic rings. The largest absolute Gasteiger partial charge is 0.396 e. The van der Waals surface area contributed by atoms with E-state index in [9.17, 15) is 5.11 Å². The minimum absolute atomic E-state index is 0.139. The number of aliphatic imine (C=N–C) groups is 1. The highest BCUT2D eigenvalue weighted by molar-refractivity contribution is 5.99. The minimum Gasteiger partial charge on any atom is -0.396 e. The van der Waals surface area contributed by atoms with Crippen molar-refractivity contribution in [3.05, 3.63) is 66.0 Å². The summed E-state index contributed by atoms with van der Waals surface area (Å²) >= 11 is 0. The Hall–Kier alpha value is -3.72. The maximum atomic E-state index is 9.28. The molecule has 0 aliphatic carbocycles. The fraction of sp³-hybridized carbons (Fsp3) is 0.385. The Morgan fingerprint density at radius 2 is 1.89 bits per heavy atom. The summed E-state index contributed by atoms with van der Waals surface area (Å²) < 4.78 is 0. The van der Waals surface area contributed by atoms with Gasteiger partial charge in [-0.2, -0.15) is 5.21 Å². The molecule has 182 valence electrons. The molecule has 0 bridgehead atoms. The number of aliphatic hydroxyl groups excluding tert-OH is 1. The summed E-state index contributed by atoms with van der Waals surface area (Å²) in [7, 11) is 2.10. The lowest BCUT2D eigenvalue weighted by Gasteiger charge is -2.36. The quantitative estimate of drug-likeness (QED) is 0.493. The first kappa shape index (κ1) is 23.0. The van der Waals surface area contributed by atoms with Crippen molar-refractivity contribution in [2.45, 2.75) is 38.9 Å². The van der Waals surface area contributed by atoms with E-state index in [-0.39, 0.29) is 12.8 Å². The van der Waals surface area contributed by atoms with Crippen LogP contribution in [0.15, 0.2) is 65.4 Å². The molecule has 2 N–H and O–H groups in total. The van der Waals surface area contributed by atoms with Gasteiger partial charge in [0.25, 0.3) is 0 Å². The Morgan fingerprint density at radius 3 is 2.60 bits per heavy atom. The van der Waals surface area contributed by atoms with E-state index in [1.807, 2.05) is 18.2 Å². The number of hydrogen-bond donors (Lipinski definition) is 2. The topological polar surface area (TPSA) is 96.8 Å². The molecule has 0 radical (unpaired) electrons. The van der Waals surface area contributed by atoms with E-state index in [0.717, 1.165) is 61.5 Å². The molecule has 1 atom stereocenters. The predicted octanol–water partition coefficient (Wildman–Crippen LogP) is 3.30. The first-order valence-corrected chi connectivity index (χ1v) is 12.2. The van der Waals surface area contributed by atoms with E-state index in [4.69, 9.17) is 4.99 Å². The van der Waals surface area contributed by atoms with Gasteiger partial charge in [0.1, 0.15) is 6.17 Å². The lowest BCUT2D eigenvalue weighted by Crippen LogP contribution is -2.44. The molecule has 2 aliphatic heterocycles. The Kier molecular flexibility index (Phi) is 6.76. The summed E-state index contributed by atoms with van der Waals surface area (Å²) in [4.78, 5) is 12.0. The zero-order valence-electron chi connectivity index (χ0n) is 20.3. The van der Waals surface area contributed by atoms with Crippen LogP contribution in [0.1, 0.15) is 31.7 Å². The molecule has 3 aromatic rings. The van der Waals surface area contributed by atoms with Gasteiger partial charge in [0.15, 0.2) is 5.84 Å². The van der Waals surface area contributed by atoms with Crippen molar-refractivity contribution in [2.24, 2.45) is 4.99 Å². The van der Waals surface area contributed by atoms with E-state index in [0.29, 0.717) is 5.82 Å². The summed E-state index contributed by atoms with van der Waals surface area (Å²) in [5.41, 5.74) is 5.55. The predicted molar refractivity (Wildman–Crippen MR) is 136 cm³/mol. The molecular formula is C26H32N8O. The van der Waals surface area contributed by atoms with Gasteiger partial charge in [0, 0.05) is 38.5 Å². The second kappa shape index (κ2) is 10.3. The molecule has 35 heavy (non-hydrogen) atoms. The molecule has 5 rings (SSSR count). The van der Waals surface area contributed by atoms with Crippen LogP contribution in [-0.4, -0.2) is 79.3 Å². The van der Waals surface area contributed by atoms with Crippen molar-refractivity contribution in [1.82, 2.24) is 35.3 Å². The molecule has 2 aromatic carbocycles. The highest BCUT2D eigenvalue weighted by Gasteiger charge is 2.35. The van der Waals surface area contributed by atoms with Crippen molar-refractivity contribution >= 4 is 5.84 Å². The molecule has 0 amide bonds. The second-order valence-corrected chi connectivity index (χ2v) is 9.07. The average Bonchev–Trinajstić information content (AvgIpc) is 3.53. The van der Waals surface area contributed by atoms with E-state index < -0.39 is 0 Å². The van der Waals surface area contributed by atoms with Crippen LogP contribution in [0.2, 0.25) is 0 Å². The van der Waals surface area contributed by atoms with Crippen molar-refractivity contribution in [3.63, 3.8) is 0 Å². The number of likely N-dealkylation sites (N-methyl/N-ethyl adjacent to an activating group) is 1. The number of rotatable bonds is 9. The third-order valence-electron chi connectivity index (χ3n) is 6.51. The molecule has 1 unspecified atom stereocenters. The second-order valence-electron chi connectivity index (χ2n) is 9.07. The number of nitrogens with one attached hydrogen (secondary N) is 1. The number of benzene rings is 2. The van der Waals surface area contributed by atoms with Crippen LogP contribution in [-0.2, 0) is 6.54 Å². The van der Waals surface area contributed by atoms with Crippen molar-refractivity contribution in [2.75, 3.05) is 26.9 Å². The molecule has 0 saturated heterocycles. The van der Waals surface area contributed by atoms with Crippen LogP contribution in [0.4, 0.5) is 0 Å². The minimum atomic E-state index is 0.139. The van der Waals surface area contributed by atoms with Gasteiger partial charge in [-0.15, -0.1) is 10.2 Å². The Bertz CT molecular complexity index is 1190. The first-order valence-electron chi connectivity index (χ1n) is 12.2. The number of fused-ring (bicyclic) bond motifs is 1. The summed E-state index contributed by atoms with van der Waals surface area (Å²) in [6, 6.07) is 16.8. The monoisotopic (exact) mass is 472 g/mol. The number of H-pyrrole nitrogens is 1. The fourth-order valence-electron chi connectivity index (χ4n) is 4.82. The van der Waals surface area contributed by atoms with E-state index in [2.05, 4.69) is 85.8 Å². The smallest absolute Gasteiger partial charge is 0.205 e. The first-order chi connectivity index (χ1) is 17.2. The zero-order chi connectivity index (χ0) is 24.2. The SMILES string of the molecule is CCCC1N=C2C(=CN(CCCO)CN2C)N1Cc1ccc(-c2ccccc2-c2nn[nH]n2)cc1. The third-order valence-corrected chi connectivity index (χ3v) is 6.51. The normalized spacial score (nSPS) is 17.5. The van der Waals surface area contributed by atoms with Gasteiger partial charge in [0.2, 0.25) is 5.82 Å². The van der Waals surface area contributed by atoms with Crippen LogP contribution in [0.5, 0.6) is 0 Å². The summed E-state index contributed by atoms with van der Waals surface area (Å²) in [5, 5.41) is 23.8. The molecule has 0 fully saturated rings. The van der Waals surface area contributed by atoms with Gasteiger partial charge in [-0.1, -0.05) is 61.9 Å². The van der Waals surface area contributed by atoms with Crippen molar-refractivity contribution in [3.8, 4) is 22.5 Å². The highest BCUT2D eigenvalue weighted by atomic mass is 16.3. The van der Waals surface area contributed by atoms with Crippen LogP contribution >= 0.6 is 0 Å². The zero-order valence-corrected chi connectivity index (χ0v) is 20.3. The number of amidine groups is 1. The van der Waals surface area contributed by atoms with Crippen LogP contribution in [0.25, 0.3) is 22.5 Å². The molecule has 0 saturated carbocycles. The van der Waals surface area contributed by atoms with Gasteiger partial charge >= 0.3 is 0 Å². The molecule has 9 nitrogen and oxygen atoms in total. The summed E-state index contributed by atoms with van der Waals surface area (Å²) in [5.74, 6) is 1.65. The van der Waals surface area contributed by atoms with Crippen LogP contribution in [0.3, 0.4) is 0 Å². The summed E-state index contributed by atoms with van der Waals surface area (Å²) in [6.07, 6.45) is 5.21. The van der Waals surface area contributed by atoms with Gasteiger partial charge in [-0.25, -0.2) is 4.99 Å². The van der Waals surface area contributed by atoms with Crippen molar-refractivity contribution < 1.29 is 5.11 Å². The van der Waals surface area contributed by atoms with E-state index >= 15 is 0 Å². The van der Waals surface area contributed by atoms with E-state index in [1.54, 1.807) is 0 Å².